The lowest BCUT2D eigenvalue weighted by Crippen LogP contribution is -2.25. The van der Waals surface area contributed by atoms with Crippen LogP contribution >= 0.6 is 7.26 Å². The molecule has 0 atom stereocenters. The number of hydrogen-bond donors (Lipinski definition) is 0. The molecule has 1 radical (unpaired) electrons. The zero-order valence-corrected chi connectivity index (χ0v) is 12.4. The van der Waals surface area contributed by atoms with Crippen molar-refractivity contribution in [2.24, 2.45) is 0 Å². The van der Waals surface area contributed by atoms with Crippen molar-refractivity contribution in [2.45, 2.75) is 31.3 Å². The van der Waals surface area contributed by atoms with Crippen LogP contribution in [-0.2, 0) is 0 Å². The van der Waals surface area contributed by atoms with Gasteiger partial charge in [-0.1, -0.05) is 68.6 Å². The lowest BCUT2D eigenvalue weighted by Gasteiger charge is -2.36. The predicted molar refractivity (Wildman–Crippen MR) is 86.2 cm³/mol. The lowest BCUT2D eigenvalue weighted by atomic mass is 10.1. The molecule has 0 N–H and O–H groups in total. The molecular weight excluding hydrogens is 247 g/mol. The van der Waals surface area contributed by atoms with Crippen molar-refractivity contribution in [1.82, 2.24) is 0 Å². The Labute approximate surface area is 116 Å². The second-order valence-electron chi connectivity index (χ2n) is 6.05. The van der Waals surface area contributed by atoms with Gasteiger partial charge in [0.1, 0.15) is 0 Å². The van der Waals surface area contributed by atoms with Gasteiger partial charge < -0.3 is 0 Å². The predicted octanol–water partition coefficient (Wildman–Crippen LogP) is 4.21. The fourth-order valence-corrected chi connectivity index (χ4v) is 8.78. The molecule has 1 saturated carbocycles. The highest BCUT2D eigenvalue weighted by Gasteiger charge is 2.43. The maximum atomic E-state index is 2.59. The number of rotatable bonds is 1. The smallest absolute Gasteiger partial charge is 0.0101 e. The van der Waals surface area contributed by atoms with Gasteiger partial charge in [0.05, 0.1) is 0 Å². The van der Waals surface area contributed by atoms with E-state index in [0.717, 1.165) is 5.66 Å². The topological polar surface area (TPSA) is 0 Å². The van der Waals surface area contributed by atoms with Crippen LogP contribution in [0, 0.1) is 0 Å². The van der Waals surface area contributed by atoms with E-state index in [-0.39, 0.29) is 0 Å². The second kappa shape index (κ2) is 4.18. The summed E-state index contributed by atoms with van der Waals surface area (Å²) in [5, 5.41) is 3.34. The van der Waals surface area contributed by atoms with Crippen LogP contribution in [0.5, 0.6) is 0 Å². The average molecular weight is 267 g/mol. The number of hydrogen-bond acceptors (Lipinski definition) is 0. The van der Waals surface area contributed by atoms with Crippen LogP contribution in [0.15, 0.2) is 48.5 Å². The summed E-state index contributed by atoms with van der Waals surface area (Å²) in [5.74, 6) is 0. The second-order valence-corrected chi connectivity index (χ2v) is 9.89. The van der Waals surface area contributed by atoms with E-state index in [4.69, 9.17) is 0 Å². The van der Waals surface area contributed by atoms with Gasteiger partial charge in [-0.3, -0.25) is 0 Å². The summed E-state index contributed by atoms with van der Waals surface area (Å²) in [6.07, 6.45) is 5.75. The number of fused-ring (bicyclic) bond motifs is 3. The van der Waals surface area contributed by atoms with Crippen molar-refractivity contribution in [3.05, 3.63) is 48.5 Å². The quantitative estimate of drug-likeness (QED) is 0.679. The van der Waals surface area contributed by atoms with E-state index in [0.29, 0.717) is 0 Å². The first-order valence-electron chi connectivity index (χ1n) is 7.37. The van der Waals surface area contributed by atoms with Crippen LogP contribution in [-0.4, -0.2) is 12.3 Å². The normalized spacial score (nSPS) is 20.3. The van der Waals surface area contributed by atoms with Gasteiger partial charge in [0.25, 0.3) is 0 Å². The van der Waals surface area contributed by atoms with Crippen LogP contribution in [0.3, 0.4) is 0 Å². The fourth-order valence-electron chi connectivity index (χ4n) is 4.16. The van der Waals surface area contributed by atoms with E-state index in [9.17, 15) is 0 Å². The third-order valence-electron chi connectivity index (χ3n) is 5.15. The molecule has 2 aliphatic rings. The molecule has 1 heterocycles. The highest BCUT2D eigenvalue weighted by Crippen LogP contribution is 2.67. The summed E-state index contributed by atoms with van der Waals surface area (Å²) in [6, 6.07) is 18.3. The molecule has 1 aliphatic carbocycles. The van der Waals surface area contributed by atoms with Crippen molar-refractivity contribution < 1.29 is 0 Å². The molecule has 2 aromatic rings. The summed E-state index contributed by atoms with van der Waals surface area (Å²) in [5.41, 5.74) is 3.96. The van der Waals surface area contributed by atoms with Crippen molar-refractivity contribution in [1.29, 1.82) is 0 Å². The SMILES string of the molecule is C[P]1(C2CCCC2)c2ccccc2-c2ccccc21. The summed E-state index contributed by atoms with van der Waals surface area (Å²) in [6.45, 7) is 2.59. The lowest BCUT2D eigenvalue weighted by molar-refractivity contribution is 0.886. The molecule has 0 unspecified atom stereocenters. The number of benzene rings is 2. The van der Waals surface area contributed by atoms with E-state index < -0.39 is 7.26 Å². The molecule has 0 nitrogen and oxygen atoms in total. The van der Waals surface area contributed by atoms with E-state index in [1.807, 2.05) is 0 Å². The van der Waals surface area contributed by atoms with Gasteiger partial charge in [-0.2, -0.15) is 0 Å². The largest absolute Gasteiger partial charge is 0.0687 e. The van der Waals surface area contributed by atoms with Crippen molar-refractivity contribution in [2.75, 3.05) is 6.66 Å². The molecule has 1 heteroatoms. The molecule has 0 aromatic heterocycles. The molecule has 19 heavy (non-hydrogen) atoms. The zero-order chi connectivity index (χ0) is 12.9. The Hall–Kier alpha value is -1.13. The van der Waals surface area contributed by atoms with Gasteiger partial charge in [0.2, 0.25) is 0 Å². The third kappa shape index (κ3) is 1.50. The van der Waals surface area contributed by atoms with Crippen LogP contribution in [0.2, 0.25) is 0 Å². The minimum Gasteiger partial charge on any atom is -0.0687 e. The molecule has 0 amide bonds. The van der Waals surface area contributed by atoms with Crippen molar-refractivity contribution >= 4 is 17.9 Å². The monoisotopic (exact) mass is 267 g/mol. The Balaban J connectivity index is 2.00. The molecule has 97 valence electrons. The van der Waals surface area contributed by atoms with Crippen LogP contribution in [0.25, 0.3) is 11.1 Å². The van der Waals surface area contributed by atoms with E-state index in [1.54, 1.807) is 10.6 Å². The van der Waals surface area contributed by atoms with Crippen LogP contribution in [0.4, 0.5) is 0 Å². The molecule has 1 fully saturated rings. The molecule has 2 aromatic carbocycles. The fraction of sp³-hybridized carbons (Fsp3) is 0.333. The van der Waals surface area contributed by atoms with Crippen molar-refractivity contribution in [3.8, 4) is 11.1 Å². The Bertz CT molecular complexity index is 578. The summed E-state index contributed by atoms with van der Waals surface area (Å²) >= 11 is 0. The van der Waals surface area contributed by atoms with E-state index >= 15 is 0 Å². The van der Waals surface area contributed by atoms with Gasteiger partial charge >= 0.3 is 0 Å². The molecular formula is C18H20P. The molecule has 0 saturated heterocycles. The Kier molecular flexibility index (Phi) is 2.57. The Morgan fingerprint density at radius 2 is 1.26 bits per heavy atom. The van der Waals surface area contributed by atoms with Gasteiger partial charge in [-0.15, -0.1) is 0 Å². The highest BCUT2D eigenvalue weighted by molar-refractivity contribution is 7.90. The van der Waals surface area contributed by atoms with E-state index in [1.165, 1.54) is 36.8 Å². The molecule has 0 bridgehead atoms. The standard InChI is InChI=1S/C18H20P/c1-19(14-8-2-3-9-14)17-12-6-4-10-15(17)16-11-5-7-13-18(16)19/h4-7,10-14H,2-3,8-9H2,1H3. The zero-order valence-electron chi connectivity index (χ0n) is 11.5. The van der Waals surface area contributed by atoms with E-state index in [2.05, 4.69) is 55.2 Å². The first kappa shape index (κ1) is 11.7. The van der Waals surface area contributed by atoms with Gasteiger partial charge in [0.15, 0.2) is 0 Å². The summed E-state index contributed by atoms with van der Waals surface area (Å²) in [7, 11) is -1.15. The summed E-state index contributed by atoms with van der Waals surface area (Å²) < 4.78 is 0. The first-order valence-corrected chi connectivity index (χ1v) is 9.68. The molecule has 0 spiro atoms. The third-order valence-corrected chi connectivity index (χ3v) is 9.91. The maximum absolute atomic E-state index is 2.59. The molecule has 4 rings (SSSR count). The van der Waals surface area contributed by atoms with Gasteiger partial charge in [-0.05, 0) is 46.9 Å². The van der Waals surface area contributed by atoms with Crippen LogP contribution < -0.4 is 10.6 Å². The van der Waals surface area contributed by atoms with Gasteiger partial charge in [0, 0.05) is 0 Å². The minimum absolute atomic E-state index is 0.928. The van der Waals surface area contributed by atoms with Gasteiger partial charge in [-0.25, -0.2) is 0 Å². The maximum Gasteiger partial charge on any atom is -0.0101 e. The Morgan fingerprint density at radius 3 is 1.79 bits per heavy atom. The van der Waals surface area contributed by atoms with Crippen LogP contribution in [0.1, 0.15) is 25.7 Å². The summed E-state index contributed by atoms with van der Waals surface area (Å²) in [4.78, 5) is 0. The minimum atomic E-state index is -1.15. The first-order chi connectivity index (χ1) is 9.32. The molecule has 1 aliphatic heterocycles. The van der Waals surface area contributed by atoms with Crippen molar-refractivity contribution in [3.63, 3.8) is 0 Å². The highest BCUT2D eigenvalue weighted by atomic mass is 31.2. The Morgan fingerprint density at radius 1 is 0.789 bits per heavy atom. The average Bonchev–Trinajstić information content (AvgIpc) is 3.08.